The molecule has 1 aliphatic rings. The van der Waals surface area contributed by atoms with Gasteiger partial charge < -0.3 is 15.5 Å². The number of oxazole rings is 1. The van der Waals surface area contributed by atoms with Crippen molar-refractivity contribution in [2.45, 2.75) is 13.1 Å². The Balaban J connectivity index is 1.88. The molecule has 3 rings (SSSR count). The molecule has 2 heterocycles. The lowest BCUT2D eigenvalue weighted by molar-refractivity contribution is 0.177. The Hall–Kier alpha value is -1.43. The van der Waals surface area contributed by atoms with Gasteiger partial charge in [0.25, 0.3) is 0 Å². The number of aryl methyl sites for hydroxylation is 1. The Morgan fingerprint density at radius 3 is 2.94 bits per heavy atom. The van der Waals surface area contributed by atoms with E-state index in [2.05, 4.69) is 15.2 Å². The fraction of sp³-hybridized carbons (Fsp3) is 0.462. The molecule has 5 nitrogen and oxygen atoms in total. The summed E-state index contributed by atoms with van der Waals surface area (Å²) in [4.78, 5) is 6.57. The molecule has 0 radical (unpaired) electrons. The fourth-order valence-electron chi connectivity index (χ4n) is 2.41. The molecule has 96 valence electrons. The van der Waals surface area contributed by atoms with E-state index in [1.165, 1.54) is 0 Å². The van der Waals surface area contributed by atoms with Gasteiger partial charge in [-0.25, -0.2) is 4.98 Å². The summed E-state index contributed by atoms with van der Waals surface area (Å²) >= 11 is 0. The van der Waals surface area contributed by atoms with Crippen LogP contribution in [0.15, 0.2) is 22.6 Å². The first kappa shape index (κ1) is 11.6. The van der Waals surface area contributed by atoms with E-state index in [9.17, 15) is 0 Å². The van der Waals surface area contributed by atoms with Gasteiger partial charge in [-0.2, -0.15) is 0 Å². The van der Waals surface area contributed by atoms with E-state index in [0.717, 1.165) is 42.8 Å². The Labute approximate surface area is 106 Å². The summed E-state index contributed by atoms with van der Waals surface area (Å²) in [6.45, 7) is 5.81. The lowest BCUT2D eigenvalue weighted by atomic mass is 10.1. The zero-order chi connectivity index (χ0) is 12.5. The maximum atomic E-state index is 6.30. The molecular formula is C13H18N4O. The molecule has 0 amide bonds. The molecule has 1 fully saturated rings. The molecule has 0 spiro atoms. The molecule has 1 unspecified atom stereocenters. The van der Waals surface area contributed by atoms with Gasteiger partial charge in [-0.15, -0.1) is 0 Å². The molecule has 0 saturated carbocycles. The third-order valence-corrected chi connectivity index (χ3v) is 3.41. The van der Waals surface area contributed by atoms with Crippen LogP contribution in [0.25, 0.3) is 11.1 Å². The second-order valence-corrected chi connectivity index (χ2v) is 4.69. The number of hydrogen-bond acceptors (Lipinski definition) is 5. The van der Waals surface area contributed by atoms with Gasteiger partial charge in [0.2, 0.25) is 0 Å². The second kappa shape index (κ2) is 4.68. The van der Waals surface area contributed by atoms with E-state index in [1.807, 2.05) is 25.1 Å². The van der Waals surface area contributed by atoms with E-state index in [4.69, 9.17) is 10.2 Å². The minimum atomic E-state index is -0.0677. The first-order valence-corrected chi connectivity index (χ1v) is 6.31. The molecule has 2 aromatic rings. The number of hydrogen-bond donors (Lipinski definition) is 2. The number of piperazine rings is 1. The van der Waals surface area contributed by atoms with E-state index in [1.54, 1.807) is 0 Å². The number of rotatable bonds is 2. The van der Waals surface area contributed by atoms with Gasteiger partial charge in [0, 0.05) is 33.1 Å². The Kier molecular flexibility index (Phi) is 3.03. The highest BCUT2D eigenvalue weighted by atomic mass is 16.3. The summed E-state index contributed by atoms with van der Waals surface area (Å²) in [5, 5.41) is 3.33. The molecule has 0 bridgehead atoms. The Bertz CT molecular complexity index is 545. The van der Waals surface area contributed by atoms with Crippen LogP contribution in [0, 0.1) is 6.92 Å². The smallest absolute Gasteiger partial charge is 0.192 e. The SMILES string of the molecule is Cc1nc2ccc(C(N)N3CCNCC3)cc2o1. The molecule has 18 heavy (non-hydrogen) atoms. The molecule has 1 aliphatic heterocycles. The predicted molar refractivity (Wildman–Crippen MR) is 70.1 cm³/mol. The number of aromatic nitrogens is 1. The van der Waals surface area contributed by atoms with Crippen LogP contribution in [0.3, 0.4) is 0 Å². The van der Waals surface area contributed by atoms with Crippen molar-refractivity contribution in [3.05, 3.63) is 29.7 Å². The van der Waals surface area contributed by atoms with E-state index in [-0.39, 0.29) is 6.17 Å². The third kappa shape index (κ3) is 2.12. The topological polar surface area (TPSA) is 67.3 Å². The minimum absolute atomic E-state index is 0.0677. The molecule has 1 aromatic carbocycles. The Morgan fingerprint density at radius 1 is 1.39 bits per heavy atom. The van der Waals surface area contributed by atoms with Crippen LogP contribution >= 0.6 is 0 Å². The molecule has 5 heteroatoms. The summed E-state index contributed by atoms with van der Waals surface area (Å²) in [6, 6.07) is 6.02. The zero-order valence-electron chi connectivity index (χ0n) is 10.5. The van der Waals surface area contributed by atoms with Crippen molar-refractivity contribution in [3.63, 3.8) is 0 Å². The van der Waals surface area contributed by atoms with Crippen LogP contribution < -0.4 is 11.1 Å². The average molecular weight is 246 g/mol. The molecular weight excluding hydrogens is 228 g/mol. The van der Waals surface area contributed by atoms with E-state index < -0.39 is 0 Å². The van der Waals surface area contributed by atoms with Crippen molar-refractivity contribution in [1.29, 1.82) is 0 Å². The van der Waals surface area contributed by atoms with Crippen LogP contribution in [0.2, 0.25) is 0 Å². The molecule has 1 aromatic heterocycles. The maximum Gasteiger partial charge on any atom is 0.192 e. The summed E-state index contributed by atoms with van der Waals surface area (Å²) in [6.07, 6.45) is -0.0677. The van der Waals surface area contributed by atoms with Gasteiger partial charge in [-0.3, -0.25) is 4.90 Å². The monoisotopic (exact) mass is 246 g/mol. The lowest BCUT2D eigenvalue weighted by Crippen LogP contribution is -2.47. The highest BCUT2D eigenvalue weighted by Gasteiger charge is 2.19. The summed E-state index contributed by atoms with van der Waals surface area (Å²) in [5.74, 6) is 0.692. The van der Waals surface area contributed by atoms with E-state index in [0.29, 0.717) is 5.89 Å². The third-order valence-electron chi connectivity index (χ3n) is 3.41. The highest BCUT2D eigenvalue weighted by molar-refractivity contribution is 5.73. The van der Waals surface area contributed by atoms with Crippen LogP contribution in [0.5, 0.6) is 0 Å². The van der Waals surface area contributed by atoms with Gasteiger partial charge in [0.05, 0.1) is 6.17 Å². The molecule has 1 atom stereocenters. The fourth-order valence-corrected chi connectivity index (χ4v) is 2.41. The summed E-state index contributed by atoms with van der Waals surface area (Å²) in [7, 11) is 0. The van der Waals surface area contributed by atoms with Gasteiger partial charge in [-0.05, 0) is 17.7 Å². The van der Waals surface area contributed by atoms with Crippen LogP contribution in [0.4, 0.5) is 0 Å². The van der Waals surface area contributed by atoms with Crippen molar-refractivity contribution in [3.8, 4) is 0 Å². The average Bonchev–Trinajstić information content (AvgIpc) is 2.78. The largest absolute Gasteiger partial charge is 0.441 e. The Morgan fingerprint density at radius 2 is 2.17 bits per heavy atom. The number of fused-ring (bicyclic) bond motifs is 1. The maximum absolute atomic E-state index is 6.30. The lowest BCUT2D eigenvalue weighted by Gasteiger charge is -2.32. The van der Waals surface area contributed by atoms with Gasteiger partial charge in [0.1, 0.15) is 5.52 Å². The van der Waals surface area contributed by atoms with E-state index >= 15 is 0 Å². The van der Waals surface area contributed by atoms with Crippen molar-refractivity contribution >= 4 is 11.1 Å². The van der Waals surface area contributed by atoms with Crippen molar-refractivity contribution in [2.24, 2.45) is 5.73 Å². The standard InChI is InChI=1S/C13H18N4O/c1-9-16-11-3-2-10(8-12(11)18-9)13(14)17-6-4-15-5-7-17/h2-3,8,13,15H,4-7,14H2,1H3. The highest BCUT2D eigenvalue weighted by Crippen LogP contribution is 2.22. The number of nitrogens with zero attached hydrogens (tertiary/aromatic N) is 2. The second-order valence-electron chi connectivity index (χ2n) is 4.69. The first-order chi connectivity index (χ1) is 8.74. The van der Waals surface area contributed by atoms with Crippen molar-refractivity contribution < 1.29 is 4.42 Å². The molecule has 1 saturated heterocycles. The first-order valence-electron chi connectivity index (χ1n) is 6.31. The van der Waals surface area contributed by atoms with Crippen molar-refractivity contribution in [2.75, 3.05) is 26.2 Å². The number of nitrogens with two attached hydrogens (primary N) is 1. The summed E-state index contributed by atoms with van der Waals surface area (Å²) in [5.41, 5.74) is 9.10. The van der Waals surface area contributed by atoms with Crippen LogP contribution in [0.1, 0.15) is 17.6 Å². The van der Waals surface area contributed by atoms with Gasteiger partial charge in [0.15, 0.2) is 11.5 Å². The molecule has 3 N–H and O–H groups in total. The zero-order valence-corrected chi connectivity index (χ0v) is 10.5. The van der Waals surface area contributed by atoms with Crippen LogP contribution in [-0.4, -0.2) is 36.1 Å². The van der Waals surface area contributed by atoms with Crippen molar-refractivity contribution in [1.82, 2.24) is 15.2 Å². The minimum Gasteiger partial charge on any atom is -0.441 e. The normalized spacial score (nSPS) is 19.2. The molecule has 0 aliphatic carbocycles. The summed E-state index contributed by atoms with van der Waals surface area (Å²) < 4.78 is 5.55. The van der Waals surface area contributed by atoms with Gasteiger partial charge in [-0.1, -0.05) is 6.07 Å². The number of nitrogens with one attached hydrogen (secondary N) is 1. The van der Waals surface area contributed by atoms with Gasteiger partial charge >= 0.3 is 0 Å². The number of benzene rings is 1. The quantitative estimate of drug-likeness (QED) is 0.827. The van der Waals surface area contributed by atoms with Crippen LogP contribution in [-0.2, 0) is 0 Å². The predicted octanol–water partition coefficient (Wildman–Crippen LogP) is 0.999.